The third kappa shape index (κ3) is 1.95. The number of piperidine rings is 1. The number of aromatic amines is 1. The van der Waals surface area contributed by atoms with Crippen molar-refractivity contribution < 1.29 is 9.59 Å². The molecule has 2 atom stereocenters. The Hall–Kier alpha value is -1.98. The Morgan fingerprint density at radius 1 is 1.40 bits per heavy atom. The molecule has 0 radical (unpaired) electrons. The van der Waals surface area contributed by atoms with E-state index < -0.39 is 0 Å². The van der Waals surface area contributed by atoms with Crippen LogP contribution in [0.5, 0.6) is 0 Å². The van der Waals surface area contributed by atoms with Crippen LogP contribution in [0.15, 0.2) is 6.07 Å². The second-order valence-corrected chi connectivity index (χ2v) is 5.78. The van der Waals surface area contributed by atoms with Crippen molar-refractivity contribution >= 4 is 11.9 Å². The maximum atomic E-state index is 12.6. The summed E-state index contributed by atoms with van der Waals surface area (Å²) in [6.45, 7) is 5.16. The first-order chi connectivity index (χ1) is 9.47. The number of nitrogens with zero attached hydrogens (tertiary/aromatic N) is 2. The molecule has 108 valence electrons. The zero-order chi connectivity index (χ0) is 14.4. The Balaban J connectivity index is 1.75. The van der Waals surface area contributed by atoms with Gasteiger partial charge in [-0.2, -0.15) is 0 Å². The third-order valence-corrected chi connectivity index (χ3v) is 4.35. The summed E-state index contributed by atoms with van der Waals surface area (Å²) in [5.41, 5.74) is 2.63. The number of fused-ring (bicyclic) bond motifs is 1. The summed E-state index contributed by atoms with van der Waals surface area (Å²) < 4.78 is 0. The van der Waals surface area contributed by atoms with E-state index in [1.807, 2.05) is 31.9 Å². The third-order valence-electron chi connectivity index (χ3n) is 4.35. The lowest BCUT2D eigenvalue weighted by atomic mass is 10.00. The fourth-order valence-electron chi connectivity index (χ4n) is 3.25. The topological polar surface area (TPSA) is 68.4 Å². The molecule has 0 aliphatic carbocycles. The second kappa shape index (κ2) is 4.54. The van der Waals surface area contributed by atoms with E-state index in [1.54, 1.807) is 4.90 Å². The minimum absolute atomic E-state index is 0.0258. The molecule has 3 heterocycles. The predicted octanol–water partition coefficient (Wildman–Crippen LogP) is 0.870. The summed E-state index contributed by atoms with van der Waals surface area (Å²) in [5.74, 6) is 0.0258. The van der Waals surface area contributed by atoms with E-state index in [0.29, 0.717) is 18.8 Å². The molecule has 2 aliphatic rings. The average molecular weight is 276 g/mol. The Kier molecular flexibility index (Phi) is 2.96. The maximum absolute atomic E-state index is 12.6. The van der Waals surface area contributed by atoms with Crippen molar-refractivity contribution in [2.45, 2.75) is 32.4 Å². The van der Waals surface area contributed by atoms with Gasteiger partial charge in [0.1, 0.15) is 5.69 Å². The van der Waals surface area contributed by atoms with Crippen molar-refractivity contribution in [3.05, 3.63) is 23.0 Å². The summed E-state index contributed by atoms with van der Waals surface area (Å²) in [6, 6.07) is 2.19. The highest BCUT2D eigenvalue weighted by Crippen LogP contribution is 2.23. The molecule has 6 nitrogen and oxygen atoms in total. The smallest absolute Gasteiger partial charge is 0.317 e. The minimum Gasteiger partial charge on any atom is -0.354 e. The second-order valence-electron chi connectivity index (χ2n) is 5.78. The Labute approximate surface area is 118 Å². The van der Waals surface area contributed by atoms with E-state index in [-0.39, 0.29) is 24.0 Å². The molecule has 0 spiro atoms. The van der Waals surface area contributed by atoms with Gasteiger partial charge >= 0.3 is 6.03 Å². The van der Waals surface area contributed by atoms with Gasteiger partial charge in [-0.25, -0.2) is 4.79 Å². The SMILES string of the molecule is Cc1cc(C)c(C(=O)N2CC[C@H]3[C@@H](C2)NC(=O)N3C)[nH]1. The maximum Gasteiger partial charge on any atom is 0.317 e. The number of urea groups is 1. The van der Waals surface area contributed by atoms with Gasteiger partial charge in [-0.1, -0.05) is 0 Å². The first-order valence-corrected chi connectivity index (χ1v) is 6.96. The quantitative estimate of drug-likeness (QED) is 0.799. The van der Waals surface area contributed by atoms with Crippen molar-refractivity contribution in [3.8, 4) is 0 Å². The van der Waals surface area contributed by atoms with Crippen LogP contribution in [0.25, 0.3) is 0 Å². The predicted molar refractivity (Wildman–Crippen MR) is 74.7 cm³/mol. The molecular weight excluding hydrogens is 256 g/mol. The van der Waals surface area contributed by atoms with Gasteiger partial charge in [-0.05, 0) is 31.9 Å². The van der Waals surface area contributed by atoms with Gasteiger partial charge in [-0.3, -0.25) is 4.79 Å². The highest BCUT2D eigenvalue weighted by Gasteiger charge is 2.41. The van der Waals surface area contributed by atoms with Crippen LogP contribution >= 0.6 is 0 Å². The van der Waals surface area contributed by atoms with E-state index in [2.05, 4.69) is 10.3 Å². The first-order valence-electron chi connectivity index (χ1n) is 6.96. The fraction of sp³-hybridized carbons (Fsp3) is 0.571. The number of hydrogen-bond acceptors (Lipinski definition) is 2. The number of aryl methyl sites for hydroxylation is 2. The van der Waals surface area contributed by atoms with Gasteiger partial charge in [0.25, 0.3) is 5.91 Å². The molecule has 0 bridgehead atoms. The average Bonchev–Trinajstić information content (AvgIpc) is 2.89. The molecule has 1 aromatic heterocycles. The van der Waals surface area contributed by atoms with E-state index in [1.165, 1.54) is 0 Å². The molecule has 3 amide bonds. The number of hydrogen-bond donors (Lipinski definition) is 2. The van der Waals surface area contributed by atoms with Gasteiger partial charge < -0.3 is 20.1 Å². The number of rotatable bonds is 1. The molecular formula is C14H20N4O2. The molecule has 2 fully saturated rings. The summed E-state index contributed by atoms with van der Waals surface area (Å²) in [7, 11) is 1.82. The molecule has 2 N–H and O–H groups in total. The molecule has 0 unspecified atom stereocenters. The van der Waals surface area contributed by atoms with Crippen molar-refractivity contribution in [2.24, 2.45) is 0 Å². The number of amides is 3. The molecule has 0 saturated carbocycles. The molecule has 2 aliphatic heterocycles. The highest BCUT2D eigenvalue weighted by molar-refractivity contribution is 5.94. The van der Waals surface area contributed by atoms with E-state index in [9.17, 15) is 9.59 Å². The van der Waals surface area contributed by atoms with Crippen LogP contribution in [0.2, 0.25) is 0 Å². The normalized spacial score (nSPS) is 25.6. The minimum atomic E-state index is -0.0406. The number of aromatic nitrogens is 1. The number of nitrogens with one attached hydrogen (secondary N) is 2. The lowest BCUT2D eigenvalue weighted by molar-refractivity contribution is 0.0660. The number of H-pyrrole nitrogens is 1. The monoisotopic (exact) mass is 276 g/mol. The molecule has 0 aromatic carbocycles. The number of likely N-dealkylation sites (N-methyl/N-ethyl adjacent to an activating group) is 1. The van der Waals surface area contributed by atoms with E-state index in [0.717, 1.165) is 17.7 Å². The molecule has 3 rings (SSSR count). The zero-order valence-electron chi connectivity index (χ0n) is 12.1. The summed E-state index contributed by atoms with van der Waals surface area (Å²) in [4.78, 5) is 30.9. The fourth-order valence-corrected chi connectivity index (χ4v) is 3.25. The standard InChI is InChI=1S/C14H20N4O2/c1-8-6-9(2)15-12(8)13(19)18-5-4-11-10(7-18)16-14(20)17(11)3/h6,10-11,15H,4-5,7H2,1-3H3,(H,16,20)/t10-,11+/m1/s1. The Morgan fingerprint density at radius 2 is 2.15 bits per heavy atom. The first kappa shape index (κ1) is 13.0. The summed E-state index contributed by atoms with van der Waals surface area (Å²) in [6.07, 6.45) is 0.824. The molecule has 6 heteroatoms. The van der Waals surface area contributed by atoms with Crippen molar-refractivity contribution in [2.75, 3.05) is 20.1 Å². The Morgan fingerprint density at radius 3 is 2.80 bits per heavy atom. The van der Waals surface area contributed by atoms with Crippen LogP contribution in [-0.2, 0) is 0 Å². The van der Waals surface area contributed by atoms with Crippen LogP contribution in [0, 0.1) is 13.8 Å². The lowest BCUT2D eigenvalue weighted by Crippen LogP contribution is -2.52. The van der Waals surface area contributed by atoms with Crippen LogP contribution in [0.1, 0.15) is 28.2 Å². The van der Waals surface area contributed by atoms with Crippen LogP contribution in [0.3, 0.4) is 0 Å². The number of carbonyl (C=O) groups excluding carboxylic acids is 2. The van der Waals surface area contributed by atoms with Crippen molar-refractivity contribution in [1.82, 2.24) is 20.1 Å². The van der Waals surface area contributed by atoms with E-state index >= 15 is 0 Å². The van der Waals surface area contributed by atoms with Gasteiger partial charge in [0, 0.05) is 25.8 Å². The molecule has 2 saturated heterocycles. The van der Waals surface area contributed by atoms with Gasteiger partial charge in [0.15, 0.2) is 0 Å². The zero-order valence-corrected chi connectivity index (χ0v) is 12.1. The van der Waals surface area contributed by atoms with Crippen LogP contribution in [-0.4, -0.2) is 58.9 Å². The Bertz CT molecular complexity index is 566. The van der Waals surface area contributed by atoms with Crippen molar-refractivity contribution in [3.63, 3.8) is 0 Å². The van der Waals surface area contributed by atoms with Gasteiger partial charge in [0.05, 0.1) is 12.1 Å². The number of carbonyl (C=O) groups is 2. The largest absolute Gasteiger partial charge is 0.354 e. The summed E-state index contributed by atoms with van der Waals surface area (Å²) >= 11 is 0. The van der Waals surface area contributed by atoms with Gasteiger partial charge in [-0.15, -0.1) is 0 Å². The molecule has 20 heavy (non-hydrogen) atoms. The highest BCUT2D eigenvalue weighted by atomic mass is 16.2. The van der Waals surface area contributed by atoms with Crippen LogP contribution in [0.4, 0.5) is 4.79 Å². The van der Waals surface area contributed by atoms with Crippen LogP contribution < -0.4 is 5.32 Å². The number of likely N-dealkylation sites (tertiary alicyclic amines) is 1. The van der Waals surface area contributed by atoms with E-state index in [4.69, 9.17) is 0 Å². The molecule has 1 aromatic rings. The summed E-state index contributed by atoms with van der Waals surface area (Å²) in [5, 5.41) is 2.94. The lowest BCUT2D eigenvalue weighted by Gasteiger charge is -2.35. The van der Waals surface area contributed by atoms with Crippen molar-refractivity contribution in [1.29, 1.82) is 0 Å². The van der Waals surface area contributed by atoms with Gasteiger partial charge in [0.2, 0.25) is 0 Å².